The molecule has 0 atom stereocenters. The van der Waals surface area contributed by atoms with E-state index in [0.29, 0.717) is 23.1 Å². The van der Waals surface area contributed by atoms with Crippen LogP contribution in [0.5, 0.6) is 0 Å². The lowest BCUT2D eigenvalue weighted by Gasteiger charge is -2.13. The Labute approximate surface area is 171 Å². The van der Waals surface area contributed by atoms with Gasteiger partial charge in [0.2, 0.25) is 5.70 Å². The van der Waals surface area contributed by atoms with Crippen molar-refractivity contribution in [3.63, 3.8) is 0 Å². The van der Waals surface area contributed by atoms with E-state index in [0.717, 1.165) is 37.1 Å². The molecule has 2 N–H and O–H groups in total. The molecule has 27 heavy (non-hydrogen) atoms. The summed E-state index contributed by atoms with van der Waals surface area (Å²) in [5.41, 5.74) is 4.31. The summed E-state index contributed by atoms with van der Waals surface area (Å²) in [5, 5.41) is 6.65. The Hall–Kier alpha value is -2.04. The summed E-state index contributed by atoms with van der Waals surface area (Å²) < 4.78 is 1.94. The van der Waals surface area contributed by atoms with Crippen molar-refractivity contribution in [3.05, 3.63) is 69.4 Å². The molecule has 2 rings (SSSR count). The molecule has 1 heterocycles. The Bertz CT molecular complexity index is 797. The molecule has 4 nitrogen and oxygen atoms in total. The van der Waals surface area contributed by atoms with Crippen molar-refractivity contribution in [1.82, 2.24) is 10.6 Å². The average Bonchev–Trinajstić information content (AvgIpc) is 2.64. The van der Waals surface area contributed by atoms with E-state index in [2.05, 4.69) is 43.0 Å². The monoisotopic (exact) mass is 406 g/mol. The summed E-state index contributed by atoms with van der Waals surface area (Å²) in [6, 6.07) is 5.09. The molecule has 1 aliphatic rings. The number of amides is 2. The fraction of sp³-hybridized carbons (Fsp3) is 0.333. The lowest BCUT2D eigenvalue weighted by molar-refractivity contribution is -0.470. The van der Waals surface area contributed by atoms with Crippen molar-refractivity contribution in [2.24, 2.45) is 0 Å². The molecule has 144 valence electrons. The minimum atomic E-state index is -0.208. The molecule has 2 amide bonds. The van der Waals surface area contributed by atoms with E-state index in [4.69, 9.17) is 23.2 Å². The van der Waals surface area contributed by atoms with Crippen molar-refractivity contribution in [3.8, 4) is 0 Å². The van der Waals surface area contributed by atoms with Crippen LogP contribution in [0.2, 0.25) is 10.0 Å². The van der Waals surface area contributed by atoms with E-state index in [1.54, 1.807) is 12.1 Å². The quantitative estimate of drug-likeness (QED) is 0.635. The molecule has 0 saturated carbocycles. The zero-order valence-corrected chi connectivity index (χ0v) is 17.2. The van der Waals surface area contributed by atoms with Crippen LogP contribution in [0.15, 0.2) is 53.8 Å². The van der Waals surface area contributed by atoms with Crippen molar-refractivity contribution < 1.29 is 9.37 Å². The van der Waals surface area contributed by atoms with Gasteiger partial charge in [-0.2, -0.15) is 0 Å². The lowest BCUT2D eigenvalue weighted by atomic mass is 10.0. The Morgan fingerprint density at radius 3 is 2.81 bits per heavy atom. The Morgan fingerprint density at radius 1 is 1.30 bits per heavy atom. The third-order valence-electron chi connectivity index (χ3n) is 4.44. The fourth-order valence-corrected chi connectivity index (χ4v) is 3.04. The Kier molecular flexibility index (Phi) is 8.14. The van der Waals surface area contributed by atoms with Crippen molar-refractivity contribution in [1.29, 1.82) is 0 Å². The van der Waals surface area contributed by atoms with Gasteiger partial charge in [-0.15, -0.1) is 0 Å². The maximum absolute atomic E-state index is 11.9. The number of halogens is 2. The summed E-state index contributed by atoms with van der Waals surface area (Å²) in [6.07, 6.45) is 7.12. The molecule has 0 aliphatic carbocycles. The maximum atomic E-state index is 11.9. The van der Waals surface area contributed by atoms with Crippen molar-refractivity contribution in [2.75, 3.05) is 13.1 Å². The van der Waals surface area contributed by atoms with Crippen LogP contribution in [0.1, 0.15) is 31.7 Å². The number of benzene rings is 1. The average molecular weight is 407 g/mol. The number of allylic oxidation sites excluding steroid dienone is 3. The highest BCUT2D eigenvalue weighted by Crippen LogP contribution is 2.22. The molecule has 0 aromatic heterocycles. The molecule has 1 fully saturated rings. The molecule has 1 aliphatic heterocycles. The molecular weight excluding hydrogens is 381 g/mol. The summed E-state index contributed by atoms with van der Waals surface area (Å²) in [4.78, 5) is 11.9. The van der Waals surface area contributed by atoms with Crippen molar-refractivity contribution in [2.45, 2.75) is 32.7 Å². The number of piperidine rings is 1. The molecular formula is C21H26Cl2N3O+. The van der Waals surface area contributed by atoms with Gasteiger partial charge < -0.3 is 10.6 Å². The number of carbonyl (C=O) groups excluding carboxylic acids is 1. The molecule has 1 aromatic carbocycles. The van der Waals surface area contributed by atoms with Crippen LogP contribution >= 0.6 is 23.2 Å². The minimum absolute atomic E-state index is 0.208. The molecule has 0 bridgehead atoms. The van der Waals surface area contributed by atoms with Gasteiger partial charge in [0, 0.05) is 25.1 Å². The van der Waals surface area contributed by atoms with Gasteiger partial charge in [-0.3, -0.25) is 0 Å². The van der Waals surface area contributed by atoms with E-state index in [1.165, 1.54) is 11.1 Å². The fourth-order valence-electron chi connectivity index (χ4n) is 2.72. The smallest absolute Gasteiger partial charge is 0.315 e. The maximum Gasteiger partial charge on any atom is 0.315 e. The van der Waals surface area contributed by atoms with Crippen LogP contribution in [0, 0.1) is 0 Å². The van der Waals surface area contributed by atoms with Gasteiger partial charge in [0.25, 0.3) is 0 Å². The van der Waals surface area contributed by atoms with E-state index < -0.39 is 0 Å². The first-order chi connectivity index (χ1) is 12.9. The van der Waals surface area contributed by atoms with E-state index in [1.807, 2.05) is 10.6 Å². The number of nitrogens with one attached hydrogen (secondary N) is 2. The second-order valence-electron chi connectivity index (χ2n) is 6.63. The van der Waals surface area contributed by atoms with Gasteiger partial charge in [0.15, 0.2) is 0 Å². The second kappa shape index (κ2) is 10.3. The number of rotatable bonds is 6. The third-order valence-corrected chi connectivity index (χ3v) is 5.18. The van der Waals surface area contributed by atoms with E-state index in [9.17, 15) is 4.79 Å². The number of hydrogen-bond donors (Lipinski definition) is 2. The number of urea groups is 1. The van der Waals surface area contributed by atoms with Crippen LogP contribution in [0.25, 0.3) is 0 Å². The first-order valence-corrected chi connectivity index (χ1v) is 9.71. The van der Waals surface area contributed by atoms with Gasteiger partial charge in [-0.25, -0.2) is 9.37 Å². The standard InChI is InChI=1S/C21H25Cl2N3O/c1-15(6-8-18-5-4-12-26(3)16(18)2)10-11-24-21(27)25-14-17-7-9-19(22)20(23)13-17/h6-9,13H,2-5,10-12,14H2,1H3,(H-,24,25,27)/p+1. The normalized spacial score (nSPS) is 16.6. The first-order valence-electron chi connectivity index (χ1n) is 8.96. The Morgan fingerprint density at radius 2 is 2.07 bits per heavy atom. The van der Waals surface area contributed by atoms with Gasteiger partial charge in [-0.1, -0.05) is 47.0 Å². The first kappa shape index (κ1) is 21.3. The van der Waals surface area contributed by atoms with Gasteiger partial charge in [0.1, 0.15) is 13.3 Å². The Balaban J connectivity index is 1.73. The molecule has 0 radical (unpaired) electrons. The SMILES string of the molecule is C=C1C(=CC=C(C)CCNC(=O)NCc2ccc(Cl)c(Cl)c2)CCC[N+]1=C. The van der Waals surface area contributed by atoms with E-state index >= 15 is 0 Å². The molecule has 6 heteroatoms. The summed E-state index contributed by atoms with van der Waals surface area (Å²) in [7, 11) is 0. The zero-order chi connectivity index (χ0) is 19.8. The topological polar surface area (TPSA) is 44.1 Å². The highest BCUT2D eigenvalue weighted by Gasteiger charge is 2.18. The summed E-state index contributed by atoms with van der Waals surface area (Å²) in [5.74, 6) is 0. The summed E-state index contributed by atoms with van der Waals surface area (Å²) >= 11 is 11.8. The number of nitrogens with zero attached hydrogens (tertiary/aromatic N) is 1. The molecule has 0 unspecified atom stereocenters. The molecule has 0 spiro atoms. The largest absolute Gasteiger partial charge is 0.338 e. The van der Waals surface area contributed by atoms with Crippen LogP contribution in [-0.2, 0) is 6.54 Å². The molecule has 1 saturated heterocycles. The minimum Gasteiger partial charge on any atom is -0.338 e. The van der Waals surface area contributed by atoms with Crippen LogP contribution in [0.4, 0.5) is 4.79 Å². The van der Waals surface area contributed by atoms with Crippen LogP contribution < -0.4 is 10.6 Å². The van der Waals surface area contributed by atoms with Gasteiger partial charge >= 0.3 is 6.03 Å². The lowest BCUT2D eigenvalue weighted by Crippen LogP contribution is -2.35. The third kappa shape index (κ3) is 6.89. The highest BCUT2D eigenvalue weighted by atomic mass is 35.5. The predicted molar refractivity (Wildman–Crippen MR) is 114 cm³/mol. The highest BCUT2D eigenvalue weighted by molar-refractivity contribution is 6.42. The van der Waals surface area contributed by atoms with E-state index in [-0.39, 0.29) is 6.03 Å². The zero-order valence-electron chi connectivity index (χ0n) is 15.7. The van der Waals surface area contributed by atoms with Crippen LogP contribution in [-0.4, -0.2) is 30.4 Å². The van der Waals surface area contributed by atoms with Gasteiger partial charge in [0.05, 0.1) is 10.0 Å². The predicted octanol–water partition coefficient (Wildman–Crippen LogP) is 5.08. The summed E-state index contributed by atoms with van der Waals surface area (Å²) in [6.45, 7) is 12.0. The van der Waals surface area contributed by atoms with Gasteiger partial charge in [-0.05, 0) is 44.0 Å². The molecule has 1 aromatic rings. The number of hydrogen-bond acceptors (Lipinski definition) is 1. The number of carbonyl (C=O) groups is 1. The van der Waals surface area contributed by atoms with Crippen molar-refractivity contribution >= 4 is 36.0 Å². The van der Waals surface area contributed by atoms with Crippen LogP contribution in [0.3, 0.4) is 0 Å². The second-order valence-corrected chi connectivity index (χ2v) is 7.44.